The monoisotopic (exact) mass is 353 g/mol. The van der Waals surface area contributed by atoms with Crippen LogP contribution in [0.4, 0.5) is 11.4 Å². The van der Waals surface area contributed by atoms with Gasteiger partial charge in [0, 0.05) is 16.9 Å². The third-order valence-electron chi connectivity index (χ3n) is 4.41. The summed E-state index contributed by atoms with van der Waals surface area (Å²) in [5, 5.41) is 5.85. The van der Waals surface area contributed by atoms with Gasteiger partial charge in [-0.3, -0.25) is 14.5 Å². The van der Waals surface area contributed by atoms with Crippen LogP contribution in [-0.2, 0) is 4.79 Å². The van der Waals surface area contributed by atoms with Crippen molar-refractivity contribution >= 4 is 23.2 Å². The van der Waals surface area contributed by atoms with Crippen molar-refractivity contribution in [3.63, 3.8) is 0 Å². The van der Waals surface area contributed by atoms with E-state index in [0.717, 1.165) is 29.9 Å². The van der Waals surface area contributed by atoms with Gasteiger partial charge < -0.3 is 10.6 Å². The number of hydrogen-bond donors (Lipinski definition) is 2. The first-order valence-electron chi connectivity index (χ1n) is 8.94. The third-order valence-corrected chi connectivity index (χ3v) is 4.41. The van der Waals surface area contributed by atoms with Gasteiger partial charge in [-0.15, -0.1) is 0 Å². The van der Waals surface area contributed by atoms with Crippen molar-refractivity contribution in [2.75, 3.05) is 30.3 Å². The minimum Gasteiger partial charge on any atom is -0.325 e. The Labute approximate surface area is 155 Å². The smallest absolute Gasteiger partial charge is 0.255 e. The molecule has 2 amide bonds. The van der Waals surface area contributed by atoms with Crippen LogP contribution < -0.4 is 10.6 Å². The molecule has 2 rings (SSSR count). The van der Waals surface area contributed by atoms with E-state index in [1.165, 1.54) is 0 Å². The van der Waals surface area contributed by atoms with E-state index in [1.54, 1.807) is 12.1 Å². The molecule has 0 fully saturated rings. The highest BCUT2D eigenvalue weighted by molar-refractivity contribution is 6.05. The Morgan fingerprint density at radius 3 is 2.23 bits per heavy atom. The molecule has 0 heterocycles. The standard InChI is InChI=1S/C21H27N3O2/c1-5-24(6-2)14-20(25)23-19-12-11-17(13-16(19)4)22-21(26)18-10-8-7-9-15(18)3/h7-13H,5-6,14H2,1-4H3,(H,22,26)(H,23,25). The minimum absolute atomic E-state index is 0.0338. The van der Waals surface area contributed by atoms with Crippen LogP contribution in [0.2, 0.25) is 0 Å². The number of anilines is 2. The number of rotatable bonds is 7. The Balaban J connectivity index is 2.04. The topological polar surface area (TPSA) is 61.4 Å². The minimum atomic E-state index is -0.138. The number of carbonyl (C=O) groups is 2. The Morgan fingerprint density at radius 2 is 1.62 bits per heavy atom. The second-order valence-electron chi connectivity index (χ2n) is 6.31. The highest BCUT2D eigenvalue weighted by Gasteiger charge is 2.11. The summed E-state index contributed by atoms with van der Waals surface area (Å²) in [5.74, 6) is -0.172. The van der Waals surface area contributed by atoms with Crippen molar-refractivity contribution in [2.45, 2.75) is 27.7 Å². The van der Waals surface area contributed by atoms with Crippen LogP contribution in [0.25, 0.3) is 0 Å². The van der Waals surface area contributed by atoms with Crippen LogP contribution in [-0.4, -0.2) is 36.3 Å². The molecule has 0 unspecified atom stereocenters. The first-order chi connectivity index (χ1) is 12.4. The van der Waals surface area contributed by atoms with Crippen molar-refractivity contribution in [1.82, 2.24) is 4.90 Å². The molecular weight excluding hydrogens is 326 g/mol. The van der Waals surface area contributed by atoms with Gasteiger partial charge in [0.2, 0.25) is 5.91 Å². The Hall–Kier alpha value is -2.66. The quantitative estimate of drug-likeness (QED) is 0.795. The van der Waals surface area contributed by atoms with Crippen LogP contribution in [0.15, 0.2) is 42.5 Å². The maximum absolute atomic E-state index is 12.4. The molecule has 0 aromatic heterocycles. The molecule has 5 heteroatoms. The first kappa shape index (κ1) is 19.7. The van der Waals surface area contributed by atoms with Gasteiger partial charge in [-0.05, 0) is 62.3 Å². The SMILES string of the molecule is CCN(CC)CC(=O)Nc1ccc(NC(=O)c2ccccc2C)cc1C. The largest absolute Gasteiger partial charge is 0.325 e. The van der Waals surface area contributed by atoms with Crippen LogP contribution in [0.3, 0.4) is 0 Å². The molecule has 2 N–H and O–H groups in total. The van der Waals surface area contributed by atoms with Crippen LogP contribution in [0.1, 0.15) is 35.3 Å². The van der Waals surface area contributed by atoms with Crippen molar-refractivity contribution < 1.29 is 9.59 Å². The van der Waals surface area contributed by atoms with E-state index in [0.29, 0.717) is 17.8 Å². The number of likely N-dealkylation sites (N-methyl/N-ethyl adjacent to an activating group) is 1. The summed E-state index contributed by atoms with van der Waals surface area (Å²) in [7, 11) is 0. The number of hydrogen-bond acceptors (Lipinski definition) is 3. The van der Waals surface area contributed by atoms with Gasteiger partial charge in [0.1, 0.15) is 0 Å². The lowest BCUT2D eigenvalue weighted by Crippen LogP contribution is -2.33. The molecule has 0 atom stereocenters. The molecule has 5 nitrogen and oxygen atoms in total. The summed E-state index contributed by atoms with van der Waals surface area (Å²) in [5.41, 5.74) is 3.96. The van der Waals surface area contributed by atoms with E-state index in [4.69, 9.17) is 0 Å². The van der Waals surface area contributed by atoms with Crippen LogP contribution in [0.5, 0.6) is 0 Å². The molecule has 0 saturated carbocycles. The van der Waals surface area contributed by atoms with Gasteiger partial charge in [0.15, 0.2) is 0 Å². The van der Waals surface area contributed by atoms with Crippen LogP contribution in [0, 0.1) is 13.8 Å². The maximum atomic E-state index is 12.4. The van der Waals surface area contributed by atoms with E-state index in [9.17, 15) is 9.59 Å². The Kier molecular flexibility index (Phi) is 6.92. The molecule has 0 spiro atoms. The van der Waals surface area contributed by atoms with E-state index in [1.807, 2.05) is 58.0 Å². The Bertz CT molecular complexity index is 783. The molecule has 0 aliphatic rings. The lowest BCUT2D eigenvalue weighted by Gasteiger charge is -2.18. The second kappa shape index (κ2) is 9.15. The molecular formula is C21H27N3O2. The van der Waals surface area contributed by atoms with E-state index < -0.39 is 0 Å². The van der Waals surface area contributed by atoms with Crippen molar-refractivity contribution in [3.05, 3.63) is 59.2 Å². The predicted octanol–water partition coefficient (Wildman–Crippen LogP) is 3.84. The molecule has 138 valence electrons. The molecule has 26 heavy (non-hydrogen) atoms. The van der Waals surface area contributed by atoms with Gasteiger partial charge in [-0.1, -0.05) is 32.0 Å². The summed E-state index contributed by atoms with van der Waals surface area (Å²) < 4.78 is 0. The van der Waals surface area contributed by atoms with Gasteiger partial charge in [-0.25, -0.2) is 0 Å². The zero-order chi connectivity index (χ0) is 19.1. The maximum Gasteiger partial charge on any atom is 0.255 e. The molecule has 0 aliphatic carbocycles. The fourth-order valence-electron chi connectivity index (χ4n) is 2.75. The number of nitrogens with zero attached hydrogens (tertiary/aromatic N) is 1. The van der Waals surface area contributed by atoms with Crippen LogP contribution >= 0.6 is 0 Å². The molecule has 0 aliphatic heterocycles. The number of nitrogens with one attached hydrogen (secondary N) is 2. The molecule has 2 aromatic rings. The highest BCUT2D eigenvalue weighted by Crippen LogP contribution is 2.21. The molecule has 0 radical (unpaired) electrons. The van der Waals surface area contributed by atoms with Crippen molar-refractivity contribution in [1.29, 1.82) is 0 Å². The summed E-state index contributed by atoms with van der Waals surface area (Å²) >= 11 is 0. The second-order valence-corrected chi connectivity index (χ2v) is 6.31. The number of aryl methyl sites for hydroxylation is 2. The Morgan fingerprint density at radius 1 is 0.923 bits per heavy atom. The number of carbonyl (C=O) groups excluding carboxylic acids is 2. The van der Waals surface area contributed by atoms with Gasteiger partial charge >= 0.3 is 0 Å². The highest BCUT2D eigenvalue weighted by atomic mass is 16.2. The zero-order valence-electron chi connectivity index (χ0n) is 15.9. The van der Waals surface area contributed by atoms with E-state index in [-0.39, 0.29) is 11.8 Å². The summed E-state index contributed by atoms with van der Waals surface area (Å²) in [6.07, 6.45) is 0. The summed E-state index contributed by atoms with van der Waals surface area (Å²) in [4.78, 5) is 26.6. The van der Waals surface area contributed by atoms with Gasteiger partial charge in [-0.2, -0.15) is 0 Å². The molecule has 2 aromatic carbocycles. The van der Waals surface area contributed by atoms with Gasteiger partial charge in [0.25, 0.3) is 5.91 Å². The number of amides is 2. The normalized spacial score (nSPS) is 10.7. The van der Waals surface area contributed by atoms with Crippen molar-refractivity contribution in [2.24, 2.45) is 0 Å². The predicted molar refractivity (Wildman–Crippen MR) is 107 cm³/mol. The fourth-order valence-corrected chi connectivity index (χ4v) is 2.75. The molecule has 0 bridgehead atoms. The third kappa shape index (κ3) is 5.17. The molecule has 0 saturated heterocycles. The van der Waals surface area contributed by atoms with E-state index >= 15 is 0 Å². The zero-order valence-corrected chi connectivity index (χ0v) is 15.9. The van der Waals surface area contributed by atoms with Gasteiger partial charge in [0.05, 0.1) is 6.54 Å². The summed E-state index contributed by atoms with van der Waals surface area (Å²) in [6.45, 7) is 9.95. The lowest BCUT2D eigenvalue weighted by atomic mass is 10.1. The average molecular weight is 353 g/mol. The van der Waals surface area contributed by atoms with E-state index in [2.05, 4.69) is 15.5 Å². The lowest BCUT2D eigenvalue weighted by molar-refractivity contribution is -0.117. The fraction of sp³-hybridized carbons (Fsp3) is 0.333. The summed E-state index contributed by atoms with van der Waals surface area (Å²) in [6, 6.07) is 13.0. The first-order valence-corrected chi connectivity index (χ1v) is 8.94. The van der Waals surface area contributed by atoms with Crippen molar-refractivity contribution in [3.8, 4) is 0 Å². The average Bonchev–Trinajstić information content (AvgIpc) is 2.62. The number of benzene rings is 2.